The van der Waals surface area contributed by atoms with Gasteiger partial charge in [0, 0.05) is 44.7 Å². The maximum atomic E-state index is 14.7. The minimum absolute atomic E-state index is 0.815. The Morgan fingerprint density at radius 2 is 0.822 bits per heavy atom. The number of benzene rings is 6. The highest BCUT2D eigenvalue weighted by molar-refractivity contribution is 7.85. The fourth-order valence-electron chi connectivity index (χ4n) is 5.74. The van der Waals surface area contributed by atoms with Gasteiger partial charge in [-0.15, -0.1) is 0 Å². The number of rotatable bonds is 8. The van der Waals surface area contributed by atoms with E-state index < -0.39 is 7.14 Å². The van der Waals surface area contributed by atoms with E-state index >= 15 is 0 Å². The summed E-state index contributed by atoms with van der Waals surface area (Å²) in [5.41, 5.74) is 7.31. The van der Waals surface area contributed by atoms with Crippen molar-refractivity contribution in [3.8, 4) is 22.4 Å². The number of nitrogens with zero attached hydrogens (tertiary/aromatic N) is 2. The Morgan fingerprint density at radius 1 is 0.400 bits per heavy atom. The lowest BCUT2D eigenvalue weighted by Gasteiger charge is -2.25. The standard InChI is InChI=1S/C41H31N2OP/c44-45(38-17-9-3-10-18-38,39-19-11-4-12-20-39)40-27-23-32(24-28-40)34-29-30-42-41(31-34)33-21-25-37(26-22-33)43(35-13-5-1-6-14-35)36-15-7-2-8-16-36/h1-31H. The lowest BCUT2D eigenvalue weighted by Crippen LogP contribution is -2.24. The Bertz CT molecular complexity index is 1960. The summed E-state index contributed by atoms with van der Waals surface area (Å²) in [5.74, 6) is 0. The highest BCUT2D eigenvalue weighted by Gasteiger charge is 2.29. The van der Waals surface area contributed by atoms with Crippen LogP contribution in [0, 0.1) is 0 Å². The Hall–Kier alpha value is -5.50. The van der Waals surface area contributed by atoms with Gasteiger partial charge in [-0.05, 0) is 59.7 Å². The van der Waals surface area contributed by atoms with Crippen LogP contribution in [0.15, 0.2) is 188 Å². The molecule has 3 nitrogen and oxygen atoms in total. The van der Waals surface area contributed by atoms with Gasteiger partial charge in [0.25, 0.3) is 0 Å². The van der Waals surface area contributed by atoms with Crippen LogP contribution in [0.2, 0.25) is 0 Å². The molecular weight excluding hydrogens is 567 g/mol. The Labute approximate surface area is 264 Å². The normalized spacial score (nSPS) is 11.2. The van der Waals surface area contributed by atoms with E-state index in [0.717, 1.165) is 55.4 Å². The molecule has 45 heavy (non-hydrogen) atoms. The van der Waals surface area contributed by atoms with Crippen LogP contribution in [0.25, 0.3) is 22.4 Å². The lowest BCUT2D eigenvalue weighted by molar-refractivity contribution is 0.592. The highest BCUT2D eigenvalue weighted by Crippen LogP contribution is 2.42. The molecule has 1 aromatic heterocycles. The quantitative estimate of drug-likeness (QED) is 0.163. The van der Waals surface area contributed by atoms with Gasteiger partial charge >= 0.3 is 0 Å². The predicted molar refractivity (Wildman–Crippen MR) is 189 cm³/mol. The third-order valence-corrected chi connectivity index (χ3v) is 11.1. The van der Waals surface area contributed by atoms with Crippen LogP contribution < -0.4 is 20.8 Å². The van der Waals surface area contributed by atoms with Gasteiger partial charge in [-0.3, -0.25) is 4.98 Å². The zero-order valence-corrected chi connectivity index (χ0v) is 25.5. The Balaban J connectivity index is 1.19. The summed E-state index contributed by atoms with van der Waals surface area (Å²) in [4.78, 5) is 6.95. The summed E-state index contributed by atoms with van der Waals surface area (Å²) in [6.45, 7) is 0. The molecule has 6 aromatic carbocycles. The smallest absolute Gasteiger partial charge is 0.171 e. The molecule has 0 radical (unpaired) electrons. The molecule has 0 bridgehead atoms. The SMILES string of the molecule is O=P(c1ccccc1)(c1ccccc1)c1ccc(-c2ccnc(-c3ccc(N(c4ccccc4)c4ccccc4)cc3)c2)cc1. The van der Waals surface area contributed by atoms with Crippen molar-refractivity contribution in [2.75, 3.05) is 4.90 Å². The molecule has 0 aliphatic rings. The summed E-state index contributed by atoms with van der Waals surface area (Å²) in [6.07, 6.45) is 1.85. The number of anilines is 3. The van der Waals surface area contributed by atoms with Gasteiger partial charge in [0.2, 0.25) is 0 Å². The molecule has 0 aliphatic heterocycles. The zero-order valence-electron chi connectivity index (χ0n) is 24.6. The maximum absolute atomic E-state index is 14.7. The number of para-hydroxylation sites is 2. The minimum Gasteiger partial charge on any atom is -0.311 e. The van der Waals surface area contributed by atoms with Crippen LogP contribution in [-0.2, 0) is 4.57 Å². The molecule has 0 aliphatic carbocycles. The van der Waals surface area contributed by atoms with Crippen LogP contribution in [0.4, 0.5) is 17.1 Å². The second-order valence-corrected chi connectivity index (χ2v) is 13.6. The van der Waals surface area contributed by atoms with Gasteiger partial charge in [-0.1, -0.05) is 133 Å². The molecule has 7 aromatic rings. The third-order valence-electron chi connectivity index (χ3n) is 8.01. The molecule has 7 rings (SSSR count). The van der Waals surface area contributed by atoms with E-state index in [0.29, 0.717) is 0 Å². The minimum atomic E-state index is -3.02. The second kappa shape index (κ2) is 12.6. The number of aromatic nitrogens is 1. The van der Waals surface area contributed by atoms with E-state index in [9.17, 15) is 4.57 Å². The van der Waals surface area contributed by atoms with E-state index in [-0.39, 0.29) is 0 Å². The predicted octanol–water partition coefficient (Wildman–Crippen LogP) is 9.52. The summed E-state index contributed by atoms with van der Waals surface area (Å²) < 4.78 is 14.7. The fraction of sp³-hybridized carbons (Fsp3) is 0. The van der Waals surface area contributed by atoms with Gasteiger partial charge in [-0.2, -0.15) is 0 Å². The lowest BCUT2D eigenvalue weighted by atomic mass is 10.0. The molecular formula is C41H31N2OP. The highest BCUT2D eigenvalue weighted by atomic mass is 31.2. The van der Waals surface area contributed by atoms with Crippen molar-refractivity contribution >= 4 is 40.1 Å². The third kappa shape index (κ3) is 5.74. The Kier molecular flexibility index (Phi) is 7.93. The Morgan fingerprint density at radius 3 is 1.33 bits per heavy atom. The van der Waals surface area contributed by atoms with Crippen molar-refractivity contribution < 1.29 is 4.57 Å². The van der Waals surface area contributed by atoms with Crippen LogP contribution in [-0.4, -0.2) is 4.98 Å². The molecule has 0 atom stereocenters. The molecule has 0 saturated carbocycles. The molecule has 216 valence electrons. The van der Waals surface area contributed by atoms with Gasteiger partial charge < -0.3 is 9.46 Å². The van der Waals surface area contributed by atoms with Crippen molar-refractivity contribution in [3.63, 3.8) is 0 Å². The monoisotopic (exact) mass is 598 g/mol. The number of hydrogen-bond acceptors (Lipinski definition) is 3. The van der Waals surface area contributed by atoms with Crippen molar-refractivity contribution in [1.29, 1.82) is 0 Å². The average Bonchev–Trinajstić information content (AvgIpc) is 3.13. The summed E-state index contributed by atoms with van der Waals surface area (Å²) in [6, 6.07) is 61.1. The molecule has 0 saturated heterocycles. The van der Waals surface area contributed by atoms with Crippen LogP contribution in [0.1, 0.15) is 0 Å². The number of hydrogen-bond donors (Lipinski definition) is 0. The second-order valence-electron chi connectivity index (χ2n) is 10.8. The first-order valence-corrected chi connectivity index (χ1v) is 16.7. The summed E-state index contributed by atoms with van der Waals surface area (Å²) >= 11 is 0. The van der Waals surface area contributed by atoms with E-state index in [1.807, 2.05) is 97.2 Å². The van der Waals surface area contributed by atoms with Crippen LogP contribution in [0.3, 0.4) is 0 Å². The molecule has 0 amide bonds. The zero-order chi connectivity index (χ0) is 30.5. The van der Waals surface area contributed by atoms with Gasteiger partial charge in [-0.25, -0.2) is 0 Å². The van der Waals surface area contributed by atoms with Gasteiger partial charge in [0.15, 0.2) is 7.14 Å². The first kappa shape index (κ1) is 28.3. The molecule has 0 N–H and O–H groups in total. The fourth-order valence-corrected chi connectivity index (χ4v) is 8.38. The van der Waals surface area contributed by atoms with Crippen LogP contribution in [0.5, 0.6) is 0 Å². The summed E-state index contributed by atoms with van der Waals surface area (Å²) in [7, 11) is -3.02. The molecule has 4 heteroatoms. The average molecular weight is 599 g/mol. The first-order valence-electron chi connectivity index (χ1n) is 15.0. The molecule has 1 heterocycles. The topological polar surface area (TPSA) is 33.2 Å². The molecule has 0 unspecified atom stereocenters. The van der Waals surface area contributed by atoms with E-state index in [4.69, 9.17) is 4.98 Å². The van der Waals surface area contributed by atoms with Crippen molar-refractivity contribution in [3.05, 3.63) is 188 Å². The molecule has 0 fully saturated rings. The van der Waals surface area contributed by atoms with E-state index in [2.05, 4.69) is 95.9 Å². The van der Waals surface area contributed by atoms with Gasteiger partial charge in [0.05, 0.1) is 5.69 Å². The first-order chi connectivity index (χ1) is 22.2. The van der Waals surface area contributed by atoms with E-state index in [1.165, 1.54) is 0 Å². The van der Waals surface area contributed by atoms with Crippen molar-refractivity contribution in [2.45, 2.75) is 0 Å². The summed E-state index contributed by atoms with van der Waals surface area (Å²) in [5, 5.41) is 2.48. The van der Waals surface area contributed by atoms with Gasteiger partial charge in [0.1, 0.15) is 0 Å². The van der Waals surface area contributed by atoms with E-state index in [1.54, 1.807) is 0 Å². The number of pyridine rings is 1. The van der Waals surface area contributed by atoms with Crippen molar-refractivity contribution in [2.24, 2.45) is 0 Å². The largest absolute Gasteiger partial charge is 0.311 e. The van der Waals surface area contributed by atoms with Crippen LogP contribution >= 0.6 is 7.14 Å². The molecule has 0 spiro atoms. The maximum Gasteiger partial charge on any atom is 0.171 e. The van der Waals surface area contributed by atoms with Crippen molar-refractivity contribution in [1.82, 2.24) is 4.98 Å².